The number of allylic oxidation sites excluding steroid dienone is 28. The molecule has 0 radical (unpaired) electrons. The van der Waals surface area contributed by atoms with Gasteiger partial charge in [0, 0.05) is 25.7 Å². The van der Waals surface area contributed by atoms with E-state index in [2.05, 4.69) is 180 Å². The Morgan fingerprint density at radius 3 is 0.782 bits per heavy atom. The van der Waals surface area contributed by atoms with Gasteiger partial charge < -0.3 is 33.8 Å². The smallest absolute Gasteiger partial charge is 0.462 e. The number of esters is 4. The number of phosphoric ester groups is 2. The molecule has 0 aliphatic rings. The van der Waals surface area contributed by atoms with E-state index in [0.717, 1.165) is 173 Å². The van der Waals surface area contributed by atoms with Gasteiger partial charge in [0.15, 0.2) is 12.2 Å². The van der Waals surface area contributed by atoms with Crippen LogP contribution in [-0.4, -0.2) is 96.7 Å². The molecule has 5 atom stereocenters. The van der Waals surface area contributed by atoms with Crippen molar-refractivity contribution in [2.75, 3.05) is 39.6 Å². The fraction of sp³-hybridized carbons (Fsp3) is 0.648. The molecule has 0 aromatic rings. The molecule has 17 nitrogen and oxygen atoms in total. The van der Waals surface area contributed by atoms with Gasteiger partial charge in [-0.25, -0.2) is 9.13 Å². The van der Waals surface area contributed by atoms with E-state index in [4.69, 9.17) is 37.0 Å². The van der Waals surface area contributed by atoms with E-state index in [1.54, 1.807) is 0 Å². The van der Waals surface area contributed by atoms with Gasteiger partial charge in [0.25, 0.3) is 0 Å². The van der Waals surface area contributed by atoms with Crippen LogP contribution in [-0.2, 0) is 65.4 Å². The molecule has 626 valence electrons. The third kappa shape index (κ3) is 80.5. The topological polar surface area (TPSA) is 237 Å². The van der Waals surface area contributed by atoms with Crippen LogP contribution in [0.25, 0.3) is 0 Å². The van der Waals surface area contributed by atoms with E-state index in [0.29, 0.717) is 32.1 Å². The molecule has 0 heterocycles. The number of hydrogen-bond donors (Lipinski definition) is 3. The van der Waals surface area contributed by atoms with Crippen molar-refractivity contribution in [3.05, 3.63) is 170 Å². The van der Waals surface area contributed by atoms with E-state index < -0.39 is 97.5 Å². The summed E-state index contributed by atoms with van der Waals surface area (Å²) in [6, 6.07) is 0. The van der Waals surface area contributed by atoms with Crippen molar-refractivity contribution < 1.29 is 80.2 Å². The minimum atomic E-state index is -5.01. The first kappa shape index (κ1) is 104. The molecule has 0 aliphatic heterocycles. The number of rotatable bonds is 78. The minimum absolute atomic E-state index is 0.0270. The summed E-state index contributed by atoms with van der Waals surface area (Å²) in [4.78, 5) is 73.2. The largest absolute Gasteiger partial charge is 0.472 e. The molecule has 0 rings (SSSR count). The zero-order chi connectivity index (χ0) is 80.3. The molecule has 5 unspecified atom stereocenters. The van der Waals surface area contributed by atoms with Gasteiger partial charge in [-0.3, -0.25) is 37.3 Å². The Morgan fingerprint density at radius 1 is 0.264 bits per heavy atom. The third-order valence-electron chi connectivity index (χ3n) is 17.2. The minimum Gasteiger partial charge on any atom is -0.462 e. The molecular weight excluding hydrogens is 1430 g/mol. The highest BCUT2D eigenvalue weighted by molar-refractivity contribution is 7.47. The van der Waals surface area contributed by atoms with Gasteiger partial charge in [0.05, 0.1) is 26.4 Å². The summed E-state index contributed by atoms with van der Waals surface area (Å²) >= 11 is 0. The maximum Gasteiger partial charge on any atom is 0.472 e. The molecule has 3 N–H and O–H groups in total. The molecule has 0 saturated carbocycles. The molecule has 0 aliphatic carbocycles. The summed E-state index contributed by atoms with van der Waals surface area (Å²) in [5.74, 6) is -2.31. The number of hydrogen-bond acceptors (Lipinski definition) is 15. The summed E-state index contributed by atoms with van der Waals surface area (Å²) in [5.41, 5.74) is 0. The van der Waals surface area contributed by atoms with Gasteiger partial charge >= 0.3 is 39.5 Å². The second-order valence-electron chi connectivity index (χ2n) is 27.6. The van der Waals surface area contributed by atoms with Crippen LogP contribution in [0.4, 0.5) is 0 Å². The van der Waals surface area contributed by atoms with Crippen molar-refractivity contribution >= 4 is 39.5 Å². The van der Waals surface area contributed by atoms with Crippen molar-refractivity contribution in [2.24, 2.45) is 0 Å². The Labute approximate surface area is 667 Å². The van der Waals surface area contributed by atoms with E-state index in [1.807, 2.05) is 18.2 Å². The lowest BCUT2D eigenvalue weighted by Crippen LogP contribution is -2.30. The predicted octanol–water partition coefficient (Wildman–Crippen LogP) is 25.3. The number of aliphatic hydroxyl groups excluding tert-OH is 1. The zero-order valence-corrected chi connectivity index (χ0v) is 70.4. The number of carbonyl (C=O) groups excluding carboxylic acids is 4. The van der Waals surface area contributed by atoms with Crippen molar-refractivity contribution in [3.8, 4) is 0 Å². The van der Waals surface area contributed by atoms with E-state index in [-0.39, 0.29) is 25.7 Å². The average molecular weight is 1580 g/mol. The highest BCUT2D eigenvalue weighted by Crippen LogP contribution is 2.45. The quantitative estimate of drug-likeness (QED) is 0.0169. The van der Waals surface area contributed by atoms with Crippen LogP contribution in [0.15, 0.2) is 170 Å². The lowest BCUT2D eigenvalue weighted by molar-refractivity contribution is -0.161. The average Bonchev–Trinajstić information content (AvgIpc) is 0.900. The van der Waals surface area contributed by atoms with Crippen LogP contribution in [0, 0.1) is 0 Å². The maximum atomic E-state index is 13.1. The first-order valence-corrected chi connectivity index (χ1v) is 45.4. The Bertz CT molecular complexity index is 2750. The van der Waals surface area contributed by atoms with Crippen LogP contribution < -0.4 is 0 Å². The number of carbonyl (C=O) groups is 4. The summed E-state index contributed by atoms with van der Waals surface area (Å²) in [7, 11) is -10.0. The Hall–Kier alpha value is -5.58. The van der Waals surface area contributed by atoms with Crippen molar-refractivity contribution in [3.63, 3.8) is 0 Å². The van der Waals surface area contributed by atoms with Crippen LogP contribution in [0.2, 0.25) is 0 Å². The molecule has 19 heteroatoms. The van der Waals surface area contributed by atoms with Gasteiger partial charge in [-0.1, -0.05) is 326 Å². The molecule has 0 spiro atoms. The fourth-order valence-corrected chi connectivity index (χ4v) is 12.5. The summed E-state index contributed by atoms with van der Waals surface area (Å²) in [5, 5.41) is 10.7. The van der Waals surface area contributed by atoms with Crippen LogP contribution in [0.5, 0.6) is 0 Å². The fourth-order valence-electron chi connectivity index (χ4n) is 10.9. The molecular formula is C91H150O17P2. The summed E-state index contributed by atoms with van der Waals surface area (Å²) in [6.07, 6.45) is 97.6. The number of ether oxygens (including phenoxy) is 4. The second kappa shape index (κ2) is 81.4. The first-order chi connectivity index (χ1) is 53.7. The van der Waals surface area contributed by atoms with Crippen molar-refractivity contribution in [1.29, 1.82) is 0 Å². The standard InChI is InChI=1S/C91H150O17P2/c1-5-9-13-17-21-25-29-33-37-40-42-45-49-52-56-60-64-68-72-76-89(94)102-82-87(108-91(96)78-74-70-66-62-58-54-50-46-43-41-38-34-30-26-22-18-14-10-6-2)84-106-110(99,100)104-80-85(92)79-103-109(97,98)105-83-86(107-90(95)77-73-69-65-61-57-53-47-36-32-28-24-20-16-12-8-4)81-101-88(93)75-71-67-63-59-55-51-48-44-39-35-31-27-23-19-15-11-7-3/h9-11,13-15,21-23,25-27,33-35,37-39,42-43,45-46,48,51-52,56,64,68,85-87,92H,5-8,12,16-20,24,28-32,36,40-41,44,47,49-50,53-55,57-63,65-67,69-84H2,1-4H3,(H,97,98)(H,99,100)/b13-9-,14-10-,15-11-,25-21-,26-22-,27-23-,37-33-,38-34-,39-35-,45-42-,46-43-,51-48-,56-52-,68-64-. The highest BCUT2D eigenvalue weighted by Gasteiger charge is 2.30. The number of unbranched alkanes of at least 4 members (excludes halogenated alkanes) is 24. The highest BCUT2D eigenvalue weighted by atomic mass is 31.2. The normalized spacial score (nSPS) is 14.6. The van der Waals surface area contributed by atoms with Crippen LogP contribution in [0.1, 0.15) is 323 Å². The van der Waals surface area contributed by atoms with Crippen molar-refractivity contribution in [2.45, 2.75) is 341 Å². The monoisotopic (exact) mass is 1580 g/mol. The van der Waals surface area contributed by atoms with Gasteiger partial charge in [0.1, 0.15) is 19.3 Å². The van der Waals surface area contributed by atoms with E-state index in [9.17, 15) is 43.2 Å². The lowest BCUT2D eigenvalue weighted by Gasteiger charge is -2.21. The second-order valence-corrected chi connectivity index (χ2v) is 30.5. The summed E-state index contributed by atoms with van der Waals surface area (Å²) in [6.45, 7) is 4.43. The predicted molar refractivity (Wildman–Crippen MR) is 454 cm³/mol. The Balaban J connectivity index is 5.49. The zero-order valence-electron chi connectivity index (χ0n) is 68.6. The van der Waals surface area contributed by atoms with Crippen LogP contribution in [0.3, 0.4) is 0 Å². The van der Waals surface area contributed by atoms with Crippen molar-refractivity contribution in [1.82, 2.24) is 0 Å². The number of aliphatic hydroxyl groups is 1. The molecule has 0 aromatic carbocycles. The first-order valence-electron chi connectivity index (χ1n) is 42.4. The Kier molecular flexibility index (Phi) is 77.3. The molecule has 0 aromatic heterocycles. The summed E-state index contributed by atoms with van der Waals surface area (Å²) < 4.78 is 68.7. The third-order valence-corrected chi connectivity index (χ3v) is 19.1. The maximum absolute atomic E-state index is 13.1. The molecule has 0 fully saturated rings. The number of phosphoric acid groups is 2. The Morgan fingerprint density at radius 2 is 0.491 bits per heavy atom. The lowest BCUT2D eigenvalue weighted by atomic mass is 10.0. The molecule has 0 saturated heterocycles. The van der Waals surface area contributed by atoms with Gasteiger partial charge in [-0.15, -0.1) is 0 Å². The van der Waals surface area contributed by atoms with Crippen LogP contribution >= 0.6 is 15.6 Å². The van der Waals surface area contributed by atoms with Gasteiger partial charge in [-0.2, -0.15) is 0 Å². The molecule has 110 heavy (non-hydrogen) atoms. The molecule has 0 amide bonds. The SMILES string of the molecule is CC/C=C\C/C=C\C/C=C\C/C=C\C/C=C\C/C=C\CCC(=O)OCC(COP(=O)(O)OCC(O)COP(=O)(O)OCC(COC(=O)CCCCCC/C=C\C/C=C\C/C=C\C/C=C\CC)OC(=O)CCCCCCCCCCCCCCCCC)OC(=O)CCCCCCCC/C=C\C/C=C\C/C=C\C/C=C\CC. The van der Waals surface area contributed by atoms with E-state index in [1.165, 1.54) is 64.2 Å². The van der Waals surface area contributed by atoms with Gasteiger partial charge in [-0.05, 0) is 141 Å². The van der Waals surface area contributed by atoms with E-state index >= 15 is 0 Å². The molecule has 0 bridgehead atoms. The van der Waals surface area contributed by atoms with Gasteiger partial charge in [0.2, 0.25) is 0 Å².